The van der Waals surface area contributed by atoms with Crippen molar-refractivity contribution >= 4 is 11.8 Å². The minimum atomic E-state index is -0.729. The van der Waals surface area contributed by atoms with Crippen molar-refractivity contribution in [1.82, 2.24) is 15.6 Å². The van der Waals surface area contributed by atoms with E-state index < -0.39 is 17.8 Å². The van der Waals surface area contributed by atoms with Crippen LogP contribution in [0.25, 0.3) is 0 Å². The zero-order valence-electron chi connectivity index (χ0n) is 10.5. The summed E-state index contributed by atoms with van der Waals surface area (Å²) in [5, 5.41) is 5.08. The van der Waals surface area contributed by atoms with Crippen molar-refractivity contribution in [3.8, 4) is 0 Å². The SMILES string of the molecule is CC(C)NC(=O)C(C)NC(=O)c1ccncc1F. The summed E-state index contributed by atoms with van der Waals surface area (Å²) < 4.78 is 13.3. The van der Waals surface area contributed by atoms with E-state index in [2.05, 4.69) is 15.6 Å². The molecule has 0 saturated carbocycles. The summed E-state index contributed by atoms with van der Waals surface area (Å²) in [6.45, 7) is 5.17. The number of nitrogens with one attached hydrogen (secondary N) is 2. The fraction of sp³-hybridized carbons (Fsp3) is 0.417. The number of carbonyl (C=O) groups is 2. The summed E-state index contributed by atoms with van der Waals surface area (Å²) in [7, 11) is 0. The zero-order chi connectivity index (χ0) is 13.7. The number of halogens is 1. The number of nitrogens with zero attached hydrogens (tertiary/aromatic N) is 1. The highest BCUT2D eigenvalue weighted by Gasteiger charge is 2.18. The number of hydrogen-bond acceptors (Lipinski definition) is 3. The molecule has 2 N–H and O–H groups in total. The smallest absolute Gasteiger partial charge is 0.255 e. The van der Waals surface area contributed by atoms with Crippen LogP contribution in [0.15, 0.2) is 18.5 Å². The second kappa shape index (κ2) is 6.09. The van der Waals surface area contributed by atoms with Gasteiger partial charge < -0.3 is 10.6 Å². The second-order valence-corrected chi connectivity index (χ2v) is 4.21. The third-order valence-corrected chi connectivity index (χ3v) is 2.19. The summed E-state index contributed by atoms with van der Waals surface area (Å²) >= 11 is 0. The first kappa shape index (κ1) is 14.1. The maximum atomic E-state index is 13.3. The third kappa shape index (κ3) is 3.80. The molecular weight excluding hydrogens is 237 g/mol. The summed E-state index contributed by atoms with van der Waals surface area (Å²) in [6, 6.07) is 0.513. The van der Waals surface area contributed by atoms with Crippen LogP contribution in [0.1, 0.15) is 31.1 Å². The van der Waals surface area contributed by atoms with E-state index in [-0.39, 0.29) is 17.5 Å². The van der Waals surface area contributed by atoms with Gasteiger partial charge in [-0.15, -0.1) is 0 Å². The van der Waals surface area contributed by atoms with Gasteiger partial charge in [0.05, 0.1) is 11.8 Å². The van der Waals surface area contributed by atoms with Gasteiger partial charge in [0.15, 0.2) is 5.82 Å². The van der Waals surface area contributed by atoms with Crippen LogP contribution in [-0.4, -0.2) is 28.9 Å². The lowest BCUT2D eigenvalue weighted by Gasteiger charge is -2.16. The first-order chi connectivity index (χ1) is 8.41. The van der Waals surface area contributed by atoms with E-state index in [9.17, 15) is 14.0 Å². The first-order valence-electron chi connectivity index (χ1n) is 5.62. The van der Waals surface area contributed by atoms with Gasteiger partial charge in [0, 0.05) is 12.2 Å². The number of carbonyl (C=O) groups excluding carboxylic acids is 2. The molecule has 1 aromatic heterocycles. The van der Waals surface area contributed by atoms with Gasteiger partial charge in [0.25, 0.3) is 5.91 Å². The molecule has 1 unspecified atom stereocenters. The standard InChI is InChI=1S/C12H16FN3O2/c1-7(2)15-11(17)8(3)16-12(18)9-4-5-14-6-10(9)13/h4-8H,1-3H3,(H,15,17)(H,16,18). The monoisotopic (exact) mass is 253 g/mol. The number of pyridine rings is 1. The van der Waals surface area contributed by atoms with Crippen molar-refractivity contribution < 1.29 is 14.0 Å². The normalized spacial score (nSPS) is 12.1. The van der Waals surface area contributed by atoms with Crippen LogP contribution >= 0.6 is 0 Å². The molecule has 1 heterocycles. The van der Waals surface area contributed by atoms with Gasteiger partial charge in [0.2, 0.25) is 5.91 Å². The molecular formula is C12H16FN3O2. The molecule has 0 aliphatic carbocycles. The Kier molecular flexibility index (Phi) is 4.76. The summed E-state index contributed by atoms with van der Waals surface area (Å²) in [5.74, 6) is -1.67. The summed E-state index contributed by atoms with van der Waals surface area (Å²) in [5.41, 5.74) is -0.130. The van der Waals surface area contributed by atoms with E-state index in [1.165, 1.54) is 19.2 Å². The predicted octanol–water partition coefficient (Wildman–Crippen LogP) is 0.864. The van der Waals surface area contributed by atoms with Crippen molar-refractivity contribution in [3.63, 3.8) is 0 Å². The Balaban J connectivity index is 2.65. The van der Waals surface area contributed by atoms with Gasteiger partial charge in [0.1, 0.15) is 6.04 Å². The van der Waals surface area contributed by atoms with Crippen LogP contribution in [0.2, 0.25) is 0 Å². The van der Waals surface area contributed by atoms with Gasteiger partial charge in [-0.3, -0.25) is 14.6 Å². The lowest BCUT2D eigenvalue weighted by atomic mass is 10.2. The number of hydrogen-bond donors (Lipinski definition) is 2. The molecule has 5 nitrogen and oxygen atoms in total. The quantitative estimate of drug-likeness (QED) is 0.836. The molecule has 1 atom stereocenters. The molecule has 0 radical (unpaired) electrons. The summed E-state index contributed by atoms with van der Waals surface area (Å²) in [6.07, 6.45) is 2.27. The lowest BCUT2D eigenvalue weighted by molar-refractivity contribution is -0.123. The van der Waals surface area contributed by atoms with Gasteiger partial charge in [-0.25, -0.2) is 4.39 Å². The number of rotatable bonds is 4. The van der Waals surface area contributed by atoms with Crippen LogP contribution in [0, 0.1) is 5.82 Å². The van der Waals surface area contributed by atoms with Gasteiger partial charge in [-0.05, 0) is 26.8 Å². The lowest BCUT2D eigenvalue weighted by Crippen LogP contribution is -2.46. The highest BCUT2D eigenvalue weighted by molar-refractivity contribution is 5.97. The van der Waals surface area contributed by atoms with Crippen LogP contribution in [-0.2, 0) is 4.79 Å². The average molecular weight is 253 g/mol. The van der Waals surface area contributed by atoms with E-state index in [0.717, 1.165) is 6.20 Å². The van der Waals surface area contributed by atoms with Crippen molar-refractivity contribution in [1.29, 1.82) is 0 Å². The van der Waals surface area contributed by atoms with Crippen molar-refractivity contribution in [2.24, 2.45) is 0 Å². The summed E-state index contributed by atoms with van der Waals surface area (Å²) in [4.78, 5) is 26.8. The maximum absolute atomic E-state index is 13.3. The molecule has 0 aliphatic rings. The molecule has 1 rings (SSSR count). The highest BCUT2D eigenvalue weighted by atomic mass is 19.1. The van der Waals surface area contributed by atoms with Gasteiger partial charge >= 0.3 is 0 Å². The minimum absolute atomic E-state index is 0.0190. The van der Waals surface area contributed by atoms with Crippen LogP contribution < -0.4 is 10.6 Å². The highest BCUT2D eigenvalue weighted by Crippen LogP contribution is 2.04. The average Bonchev–Trinajstić information content (AvgIpc) is 2.28. The van der Waals surface area contributed by atoms with Crippen molar-refractivity contribution in [3.05, 3.63) is 29.8 Å². The fourth-order valence-corrected chi connectivity index (χ4v) is 1.31. The van der Waals surface area contributed by atoms with E-state index >= 15 is 0 Å². The molecule has 0 aromatic carbocycles. The molecule has 6 heteroatoms. The predicted molar refractivity (Wildman–Crippen MR) is 64.4 cm³/mol. The van der Waals surface area contributed by atoms with Crippen LogP contribution in [0.4, 0.5) is 4.39 Å². The third-order valence-electron chi connectivity index (χ3n) is 2.19. The topological polar surface area (TPSA) is 71.1 Å². The van der Waals surface area contributed by atoms with Crippen LogP contribution in [0.5, 0.6) is 0 Å². The molecule has 0 aliphatic heterocycles. The Hall–Kier alpha value is -1.98. The van der Waals surface area contributed by atoms with E-state index in [4.69, 9.17) is 0 Å². The van der Waals surface area contributed by atoms with E-state index in [1.54, 1.807) is 0 Å². The zero-order valence-corrected chi connectivity index (χ0v) is 10.5. The Morgan fingerprint density at radius 2 is 1.94 bits per heavy atom. The van der Waals surface area contributed by atoms with Gasteiger partial charge in [-0.1, -0.05) is 0 Å². The van der Waals surface area contributed by atoms with E-state index in [0.29, 0.717) is 0 Å². The van der Waals surface area contributed by atoms with E-state index in [1.807, 2.05) is 13.8 Å². The Bertz CT molecular complexity index is 449. The largest absolute Gasteiger partial charge is 0.352 e. The molecule has 98 valence electrons. The Labute approximate surface area is 105 Å². The maximum Gasteiger partial charge on any atom is 0.255 e. The number of aromatic nitrogens is 1. The molecule has 1 aromatic rings. The molecule has 2 amide bonds. The fourth-order valence-electron chi connectivity index (χ4n) is 1.31. The number of amides is 2. The first-order valence-corrected chi connectivity index (χ1v) is 5.62. The molecule has 0 saturated heterocycles. The molecule has 0 fully saturated rings. The second-order valence-electron chi connectivity index (χ2n) is 4.21. The Morgan fingerprint density at radius 3 is 2.50 bits per heavy atom. The van der Waals surface area contributed by atoms with Crippen molar-refractivity contribution in [2.45, 2.75) is 32.9 Å². The molecule has 18 heavy (non-hydrogen) atoms. The Morgan fingerprint density at radius 1 is 1.28 bits per heavy atom. The van der Waals surface area contributed by atoms with Crippen molar-refractivity contribution in [2.75, 3.05) is 0 Å². The van der Waals surface area contributed by atoms with Crippen LogP contribution in [0.3, 0.4) is 0 Å². The molecule has 0 bridgehead atoms. The minimum Gasteiger partial charge on any atom is -0.352 e. The van der Waals surface area contributed by atoms with Gasteiger partial charge in [-0.2, -0.15) is 0 Å². The molecule has 0 spiro atoms.